The van der Waals surface area contributed by atoms with Crippen LogP contribution in [0.15, 0.2) is 48.5 Å². The number of carbonyl (C=O) groups excluding carboxylic acids is 1. The van der Waals surface area contributed by atoms with Gasteiger partial charge in [0.05, 0.1) is 6.04 Å². The number of amides is 1. The fraction of sp³-hybridized carbons (Fsp3) is 0.350. The van der Waals surface area contributed by atoms with Crippen LogP contribution in [0.5, 0.6) is 11.5 Å². The van der Waals surface area contributed by atoms with Gasteiger partial charge in [0.25, 0.3) is 0 Å². The molecule has 6 nitrogen and oxygen atoms in total. The first-order chi connectivity index (χ1) is 12.5. The second-order valence-corrected chi connectivity index (χ2v) is 6.47. The molecule has 138 valence electrons. The summed E-state index contributed by atoms with van der Waals surface area (Å²) < 4.78 is 10.6. The molecule has 1 aliphatic heterocycles. The number of fused-ring (bicyclic) bond motifs is 1. The Hall–Kier alpha value is -2.73. The summed E-state index contributed by atoms with van der Waals surface area (Å²) in [5.74, 6) is 1.32. The molecular formula is C20H25N3O3. The lowest BCUT2D eigenvalue weighted by Gasteiger charge is -2.27. The fourth-order valence-corrected chi connectivity index (χ4v) is 2.73. The van der Waals surface area contributed by atoms with Crippen LogP contribution in [0, 0.1) is 0 Å². The average Bonchev–Trinajstić information content (AvgIpc) is 3.13. The van der Waals surface area contributed by atoms with Gasteiger partial charge in [-0.3, -0.25) is 9.69 Å². The van der Waals surface area contributed by atoms with E-state index in [2.05, 4.69) is 29.4 Å². The van der Waals surface area contributed by atoms with Gasteiger partial charge in [0.2, 0.25) is 12.7 Å². The predicted octanol–water partition coefficient (Wildman–Crippen LogP) is 2.81. The van der Waals surface area contributed by atoms with Gasteiger partial charge in [0.15, 0.2) is 11.5 Å². The van der Waals surface area contributed by atoms with Crippen molar-refractivity contribution in [2.24, 2.45) is 0 Å². The Balaban J connectivity index is 1.51. The van der Waals surface area contributed by atoms with Crippen molar-refractivity contribution in [3.8, 4) is 11.5 Å². The quantitative estimate of drug-likeness (QED) is 0.828. The molecule has 1 unspecified atom stereocenters. The highest BCUT2D eigenvalue weighted by Crippen LogP contribution is 2.34. The van der Waals surface area contributed by atoms with E-state index in [1.54, 1.807) is 12.1 Å². The van der Waals surface area contributed by atoms with E-state index in [1.165, 1.54) is 5.69 Å². The van der Waals surface area contributed by atoms with Crippen molar-refractivity contribution < 1.29 is 14.3 Å². The SMILES string of the molecule is CC(C(=O)Nc1ccc2c(c1)OCO2)N(C)CCN(C)c1ccccc1. The molecule has 0 fully saturated rings. The molecule has 0 spiro atoms. The first-order valence-corrected chi connectivity index (χ1v) is 8.71. The first kappa shape index (κ1) is 18.1. The molecular weight excluding hydrogens is 330 g/mol. The molecule has 1 amide bonds. The van der Waals surface area contributed by atoms with Gasteiger partial charge in [0, 0.05) is 37.6 Å². The van der Waals surface area contributed by atoms with Crippen LogP contribution >= 0.6 is 0 Å². The molecule has 2 aromatic rings. The minimum absolute atomic E-state index is 0.0475. The molecule has 1 atom stereocenters. The van der Waals surface area contributed by atoms with E-state index in [9.17, 15) is 4.79 Å². The summed E-state index contributed by atoms with van der Waals surface area (Å²) in [4.78, 5) is 16.8. The number of rotatable bonds is 7. The van der Waals surface area contributed by atoms with Crippen LogP contribution in [0.4, 0.5) is 11.4 Å². The monoisotopic (exact) mass is 355 g/mol. The van der Waals surface area contributed by atoms with Crippen molar-refractivity contribution in [2.45, 2.75) is 13.0 Å². The van der Waals surface area contributed by atoms with Crippen molar-refractivity contribution >= 4 is 17.3 Å². The van der Waals surface area contributed by atoms with Gasteiger partial charge < -0.3 is 19.7 Å². The zero-order valence-corrected chi connectivity index (χ0v) is 15.4. The lowest BCUT2D eigenvalue weighted by Crippen LogP contribution is -2.42. The molecule has 1 N–H and O–H groups in total. The molecule has 2 aromatic carbocycles. The van der Waals surface area contributed by atoms with E-state index >= 15 is 0 Å². The molecule has 26 heavy (non-hydrogen) atoms. The summed E-state index contributed by atoms with van der Waals surface area (Å²) in [5, 5.41) is 2.94. The maximum Gasteiger partial charge on any atom is 0.241 e. The Morgan fingerprint density at radius 1 is 1.08 bits per heavy atom. The number of benzene rings is 2. The second kappa shape index (κ2) is 8.10. The Bertz CT molecular complexity index is 751. The van der Waals surface area contributed by atoms with Crippen LogP contribution in [-0.4, -0.2) is 50.8 Å². The van der Waals surface area contributed by atoms with Gasteiger partial charge in [0.1, 0.15) is 0 Å². The Kier molecular flexibility index (Phi) is 5.63. The lowest BCUT2D eigenvalue weighted by atomic mass is 10.2. The zero-order chi connectivity index (χ0) is 18.5. The molecule has 0 bridgehead atoms. The molecule has 0 aliphatic carbocycles. The van der Waals surface area contributed by atoms with Gasteiger partial charge >= 0.3 is 0 Å². The second-order valence-electron chi connectivity index (χ2n) is 6.47. The van der Waals surface area contributed by atoms with Crippen molar-refractivity contribution in [2.75, 3.05) is 44.2 Å². The topological polar surface area (TPSA) is 54.0 Å². The van der Waals surface area contributed by atoms with Crippen LogP contribution in [0.3, 0.4) is 0 Å². The molecule has 3 rings (SSSR count). The molecule has 6 heteroatoms. The summed E-state index contributed by atoms with van der Waals surface area (Å²) in [6, 6.07) is 15.4. The van der Waals surface area contributed by atoms with Crippen LogP contribution < -0.4 is 19.7 Å². The van der Waals surface area contributed by atoms with Gasteiger partial charge in [-0.25, -0.2) is 0 Å². The van der Waals surface area contributed by atoms with Gasteiger partial charge in [-0.05, 0) is 38.2 Å². The van der Waals surface area contributed by atoms with Gasteiger partial charge in [-0.2, -0.15) is 0 Å². The summed E-state index contributed by atoms with van der Waals surface area (Å²) in [6.45, 7) is 3.74. The molecule has 1 aliphatic rings. The number of ether oxygens (including phenoxy) is 2. The van der Waals surface area contributed by atoms with E-state index in [-0.39, 0.29) is 18.7 Å². The van der Waals surface area contributed by atoms with E-state index in [4.69, 9.17) is 9.47 Å². The lowest BCUT2D eigenvalue weighted by molar-refractivity contribution is -0.120. The number of carbonyl (C=O) groups is 1. The van der Waals surface area contributed by atoms with E-state index < -0.39 is 0 Å². The van der Waals surface area contributed by atoms with Gasteiger partial charge in [-0.15, -0.1) is 0 Å². The number of nitrogens with one attached hydrogen (secondary N) is 1. The standard InChI is InChI=1S/C20H25N3O3/c1-15(22(2)11-12-23(3)17-7-5-4-6-8-17)20(24)21-16-9-10-18-19(13-16)26-14-25-18/h4-10,13,15H,11-12,14H2,1-3H3,(H,21,24). The Morgan fingerprint density at radius 3 is 2.58 bits per heavy atom. The third kappa shape index (κ3) is 4.26. The van der Waals surface area contributed by atoms with Crippen LogP contribution in [0.1, 0.15) is 6.92 Å². The highest BCUT2D eigenvalue weighted by atomic mass is 16.7. The zero-order valence-electron chi connectivity index (χ0n) is 15.4. The summed E-state index contributed by atoms with van der Waals surface area (Å²) in [5.41, 5.74) is 1.87. The number of anilines is 2. The van der Waals surface area contributed by atoms with Gasteiger partial charge in [-0.1, -0.05) is 18.2 Å². The summed E-state index contributed by atoms with van der Waals surface area (Å²) in [7, 11) is 4.02. The smallest absolute Gasteiger partial charge is 0.241 e. The maximum atomic E-state index is 12.5. The minimum Gasteiger partial charge on any atom is -0.454 e. The predicted molar refractivity (Wildman–Crippen MR) is 103 cm³/mol. The first-order valence-electron chi connectivity index (χ1n) is 8.71. The molecule has 0 saturated carbocycles. The number of hydrogen-bond donors (Lipinski definition) is 1. The summed E-state index contributed by atoms with van der Waals surface area (Å²) in [6.07, 6.45) is 0. The van der Waals surface area contributed by atoms with E-state index in [0.29, 0.717) is 17.2 Å². The maximum absolute atomic E-state index is 12.5. The van der Waals surface area contributed by atoms with Crippen LogP contribution in [0.2, 0.25) is 0 Å². The van der Waals surface area contributed by atoms with Crippen LogP contribution in [-0.2, 0) is 4.79 Å². The van der Waals surface area contributed by atoms with Crippen LogP contribution in [0.25, 0.3) is 0 Å². The highest BCUT2D eigenvalue weighted by molar-refractivity contribution is 5.94. The molecule has 0 aromatic heterocycles. The van der Waals surface area contributed by atoms with Crippen molar-refractivity contribution in [1.29, 1.82) is 0 Å². The van der Waals surface area contributed by atoms with E-state index in [0.717, 1.165) is 13.1 Å². The average molecular weight is 355 g/mol. The third-order valence-electron chi connectivity index (χ3n) is 4.67. The minimum atomic E-state index is -0.246. The Labute approximate surface area is 154 Å². The largest absolute Gasteiger partial charge is 0.454 e. The summed E-state index contributed by atoms with van der Waals surface area (Å²) >= 11 is 0. The van der Waals surface area contributed by atoms with Crippen molar-refractivity contribution in [1.82, 2.24) is 4.90 Å². The molecule has 0 radical (unpaired) electrons. The Morgan fingerprint density at radius 2 is 1.81 bits per heavy atom. The van der Waals surface area contributed by atoms with E-state index in [1.807, 2.05) is 43.1 Å². The van der Waals surface area contributed by atoms with Crippen molar-refractivity contribution in [3.63, 3.8) is 0 Å². The number of para-hydroxylation sites is 1. The fourth-order valence-electron chi connectivity index (χ4n) is 2.73. The third-order valence-corrected chi connectivity index (χ3v) is 4.67. The highest BCUT2D eigenvalue weighted by Gasteiger charge is 2.20. The molecule has 1 heterocycles. The number of likely N-dealkylation sites (N-methyl/N-ethyl adjacent to an activating group) is 2. The normalized spacial score (nSPS) is 13.5. The molecule has 0 saturated heterocycles. The number of hydrogen-bond acceptors (Lipinski definition) is 5. The number of nitrogens with zero attached hydrogens (tertiary/aromatic N) is 2. The van der Waals surface area contributed by atoms with Crippen molar-refractivity contribution in [3.05, 3.63) is 48.5 Å².